The van der Waals surface area contributed by atoms with Crippen LogP contribution in [-0.4, -0.2) is 5.91 Å². The Balaban J connectivity index is 3.04. The normalized spacial score (nSPS) is 10.9. The van der Waals surface area contributed by atoms with E-state index in [9.17, 15) is 10.1 Å². The van der Waals surface area contributed by atoms with Crippen molar-refractivity contribution in [3.8, 4) is 6.07 Å². The van der Waals surface area contributed by atoms with Crippen molar-refractivity contribution in [2.75, 3.05) is 5.32 Å². The third-order valence-corrected chi connectivity index (χ3v) is 4.80. The summed E-state index contributed by atoms with van der Waals surface area (Å²) in [5.74, 6) is -0.221. The summed E-state index contributed by atoms with van der Waals surface area (Å²) < 4.78 is 1.04. The summed E-state index contributed by atoms with van der Waals surface area (Å²) in [4.78, 5) is 12.3. The molecule has 0 unspecified atom stereocenters. The average Bonchev–Trinajstić information content (AvgIpc) is 2.38. The van der Waals surface area contributed by atoms with Gasteiger partial charge in [-0.2, -0.15) is 5.26 Å². The van der Waals surface area contributed by atoms with Gasteiger partial charge in [-0.15, -0.1) is 0 Å². The topological polar surface area (TPSA) is 52.9 Å². The van der Waals surface area contributed by atoms with E-state index in [1.165, 1.54) is 0 Å². The van der Waals surface area contributed by atoms with Crippen molar-refractivity contribution in [2.24, 2.45) is 5.41 Å². The van der Waals surface area contributed by atoms with Crippen LogP contribution in [-0.2, 0) is 4.79 Å². The Morgan fingerprint density at radius 3 is 2.16 bits per heavy atom. The van der Waals surface area contributed by atoms with Gasteiger partial charge in [-0.25, -0.2) is 0 Å². The highest BCUT2D eigenvalue weighted by molar-refractivity contribution is 9.10. The van der Waals surface area contributed by atoms with Crippen molar-refractivity contribution in [1.29, 1.82) is 5.26 Å². The average molecular weight is 323 g/mol. The smallest absolute Gasteiger partial charge is 0.244 e. The van der Waals surface area contributed by atoms with E-state index in [2.05, 4.69) is 27.3 Å². The standard InChI is InChI=1S/C15H19BrN2O/c1-5-15(6-2,9-17)14(19)18-12-7-10(3)13(16)11(4)8-12/h7-8H,5-6H2,1-4H3,(H,18,19). The van der Waals surface area contributed by atoms with Crippen LogP contribution in [0.5, 0.6) is 0 Å². The van der Waals surface area contributed by atoms with Crippen LogP contribution in [0.4, 0.5) is 5.69 Å². The lowest BCUT2D eigenvalue weighted by Crippen LogP contribution is -2.34. The molecule has 0 aromatic heterocycles. The van der Waals surface area contributed by atoms with E-state index in [-0.39, 0.29) is 5.91 Å². The number of nitrogens with one attached hydrogen (secondary N) is 1. The fraction of sp³-hybridized carbons (Fsp3) is 0.467. The minimum atomic E-state index is -0.936. The van der Waals surface area contributed by atoms with Gasteiger partial charge in [0.2, 0.25) is 5.91 Å². The van der Waals surface area contributed by atoms with E-state index in [0.29, 0.717) is 12.8 Å². The first-order valence-corrected chi connectivity index (χ1v) is 7.19. The van der Waals surface area contributed by atoms with E-state index < -0.39 is 5.41 Å². The molecule has 0 fully saturated rings. The number of nitrogens with zero attached hydrogens (tertiary/aromatic N) is 1. The summed E-state index contributed by atoms with van der Waals surface area (Å²) in [7, 11) is 0. The highest BCUT2D eigenvalue weighted by Gasteiger charge is 2.35. The molecule has 0 aliphatic rings. The molecular weight excluding hydrogens is 304 g/mol. The van der Waals surface area contributed by atoms with Gasteiger partial charge in [-0.1, -0.05) is 29.8 Å². The maximum atomic E-state index is 12.3. The molecule has 4 heteroatoms. The molecule has 19 heavy (non-hydrogen) atoms. The molecule has 1 rings (SSSR count). The highest BCUT2D eigenvalue weighted by atomic mass is 79.9. The van der Waals surface area contributed by atoms with Crippen LogP contribution >= 0.6 is 15.9 Å². The summed E-state index contributed by atoms with van der Waals surface area (Å²) >= 11 is 3.49. The van der Waals surface area contributed by atoms with Crippen molar-refractivity contribution < 1.29 is 4.79 Å². The predicted octanol–water partition coefficient (Wildman–Crippen LogP) is 4.33. The molecule has 1 aromatic rings. The van der Waals surface area contributed by atoms with Crippen LogP contribution in [0.2, 0.25) is 0 Å². The Morgan fingerprint density at radius 1 is 1.32 bits per heavy atom. The van der Waals surface area contributed by atoms with Gasteiger partial charge in [0.15, 0.2) is 0 Å². The molecule has 0 spiro atoms. The Kier molecular flexibility index (Phi) is 5.13. The zero-order chi connectivity index (χ0) is 14.6. The van der Waals surface area contributed by atoms with Crippen LogP contribution in [0.1, 0.15) is 37.8 Å². The molecule has 0 aliphatic carbocycles. The van der Waals surface area contributed by atoms with Gasteiger partial charge in [-0.3, -0.25) is 4.79 Å². The molecule has 0 heterocycles. The molecule has 1 aromatic carbocycles. The van der Waals surface area contributed by atoms with Gasteiger partial charge in [-0.05, 0) is 49.9 Å². The molecule has 0 saturated carbocycles. The Labute approximate surface area is 123 Å². The molecular formula is C15H19BrN2O. The van der Waals surface area contributed by atoms with Crippen molar-refractivity contribution >= 4 is 27.5 Å². The maximum absolute atomic E-state index is 12.3. The third kappa shape index (κ3) is 3.16. The number of rotatable bonds is 4. The summed E-state index contributed by atoms with van der Waals surface area (Å²) in [5, 5.41) is 12.1. The zero-order valence-electron chi connectivity index (χ0n) is 11.8. The lowest BCUT2D eigenvalue weighted by atomic mass is 9.83. The highest BCUT2D eigenvalue weighted by Crippen LogP contribution is 2.29. The molecule has 0 saturated heterocycles. The molecule has 102 valence electrons. The summed E-state index contributed by atoms with van der Waals surface area (Å²) in [6, 6.07) is 5.96. The van der Waals surface area contributed by atoms with Gasteiger partial charge >= 0.3 is 0 Å². The second-order valence-corrected chi connectivity index (χ2v) is 5.57. The van der Waals surface area contributed by atoms with E-state index in [1.54, 1.807) is 0 Å². The first-order valence-electron chi connectivity index (χ1n) is 6.39. The minimum Gasteiger partial charge on any atom is -0.325 e. The lowest BCUT2D eigenvalue weighted by Gasteiger charge is -2.22. The van der Waals surface area contributed by atoms with Crippen LogP contribution in [0.15, 0.2) is 16.6 Å². The van der Waals surface area contributed by atoms with Crippen molar-refractivity contribution in [3.63, 3.8) is 0 Å². The number of halogens is 1. The number of carbonyl (C=O) groups excluding carboxylic acids is 1. The molecule has 0 bridgehead atoms. The molecule has 0 atom stereocenters. The van der Waals surface area contributed by atoms with Crippen molar-refractivity contribution in [1.82, 2.24) is 0 Å². The third-order valence-electron chi connectivity index (χ3n) is 3.55. The lowest BCUT2D eigenvalue weighted by molar-refractivity contribution is -0.123. The van der Waals surface area contributed by atoms with Crippen LogP contribution in [0, 0.1) is 30.6 Å². The minimum absolute atomic E-state index is 0.221. The fourth-order valence-electron chi connectivity index (χ4n) is 2.05. The van der Waals surface area contributed by atoms with Gasteiger partial charge in [0.05, 0.1) is 6.07 Å². The zero-order valence-corrected chi connectivity index (χ0v) is 13.4. The van der Waals surface area contributed by atoms with Crippen LogP contribution < -0.4 is 5.32 Å². The number of nitriles is 1. The van der Waals surface area contributed by atoms with Gasteiger partial charge in [0.1, 0.15) is 5.41 Å². The Hall–Kier alpha value is -1.34. The first kappa shape index (κ1) is 15.7. The maximum Gasteiger partial charge on any atom is 0.244 e. The largest absolute Gasteiger partial charge is 0.325 e. The number of hydrogen-bond donors (Lipinski definition) is 1. The molecule has 3 nitrogen and oxygen atoms in total. The number of amides is 1. The molecule has 1 amide bonds. The summed E-state index contributed by atoms with van der Waals surface area (Å²) in [5.41, 5.74) is 1.93. The quantitative estimate of drug-likeness (QED) is 0.896. The number of aryl methyl sites for hydroxylation is 2. The number of anilines is 1. The second-order valence-electron chi connectivity index (χ2n) is 4.78. The van der Waals surface area contributed by atoms with Gasteiger partial charge in [0.25, 0.3) is 0 Å². The Morgan fingerprint density at radius 2 is 1.79 bits per heavy atom. The number of carbonyl (C=O) groups is 1. The molecule has 0 radical (unpaired) electrons. The SMILES string of the molecule is CCC(C#N)(CC)C(=O)Nc1cc(C)c(Br)c(C)c1. The van der Waals surface area contributed by atoms with Crippen molar-refractivity contribution in [3.05, 3.63) is 27.7 Å². The van der Waals surface area contributed by atoms with E-state index in [1.807, 2.05) is 39.8 Å². The van der Waals surface area contributed by atoms with Crippen LogP contribution in [0.3, 0.4) is 0 Å². The van der Waals surface area contributed by atoms with Gasteiger partial charge < -0.3 is 5.32 Å². The second kappa shape index (κ2) is 6.21. The number of hydrogen-bond acceptors (Lipinski definition) is 2. The summed E-state index contributed by atoms with van der Waals surface area (Å²) in [6.07, 6.45) is 1.03. The fourth-order valence-corrected chi connectivity index (χ4v) is 2.28. The van der Waals surface area contributed by atoms with E-state index in [0.717, 1.165) is 21.3 Å². The number of benzene rings is 1. The van der Waals surface area contributed by atoms with E-state index in [4.69, 9.17) is 0 Å². The Bertz CT molecular complexity index is 504. The van der Waals surface area contributed by atoms with Crippen molar-refractivity contribution in [2.45, 2.75) is 40.5 Å². The monoisotopic (exact) mass is 322 g/mol. The molecule has 1 N–H and O–H groups in total. The van der Waals surface area contributed by atoms with Crippen LogP contribution in [0.25, 0.3) is 0 Å². The predicted molar refractivity (Wildman–Crippen MR) is 80.9 cm³/mol. The molecule has 0 aliphatic heterocycles. The summed E-state index contributed by atoms with van der Waals surface area (Å²) in [6.45, 7) is 7.68. The van der Waals surface area contributed by atoms with Gasteiger partial charge in [0, 0.05) is 10.2 Å². The van der Waals surface area contributed by atoms with E-state index >= 15 is 0 Å². The first-order chi connectivity index (χ1) is 8.90.